The summed E-state index contributed by atoms with van der Waals surface area (Å²) >= 11 is 0. The Morgan fingerprint density at radius 2 is 1.92 bits per heavy atom. The van der Waals surface area contributed by atoms with Gasteiger partial charge in [0.25, 0.3) is 10.0 Å². The third kappa shape index (κ3) is 4.32. The molecule has 0 bridgehead atoms. The van der Waals surface area contributed by atoms with Crippen molar-refractivity contribution in [2.24, 2.45) is 0 Å². The third-order valence-electron chi connectivity index (χ3n) is 4.50. The van der Waals surface area contributed by atoms with E-state index in [0.29, 0.717) is 5.69 Å². The van der Waals surface area contributed by atoms with Gasteiger partial charge in [-0.3, -0.25) is 4.72 Å². The zero-order valence-corrected chi connectivity index (χ0v) is 15.4. The van der Waals surface area contributed by atoms with Crippen LogP contribution >= 0.6 is 0 Å². The van der Waals surface area contributed by atoms with Gasteiger partial charge in [-0.2, -0.15) is 0 Å². The number of methoxy groups -OCH3 is 1. The number of nitrogens with zero attached hydrogens (tertiary/aromatic N) is 1. The van der Waals surface area contributed by atoms with Gasteiger partial charge in [0.2, 0.25) is 0 Å². The molecule has 0 spiro atoms. The third-order valence-corrected chi connectivity index (χ3v) is 5.87. The van der Waals surface area contributed by atoms with Crippen molar-refractivity contribution in [3.05, 3.63) is 54.1 Å². The van der Waals surface area contributed by atoms with Crippen LogP contribution in [0.1, 0.15) is 18.4 Å². The fourth-order valence-corrected chi connectivity index (χ4v) is 4.26. The summed E-state index contributed by atoms with van der Waals surface area (Å²) in [4.78, 5) is 2.55. The largest absolute Gasteiger partial charge is 0.380 e. The monoisotopic (exact) mass is 360 g/mol. The standard InChI is InChI=1S/C19H24N2O3S/c1-15-5-3-7-19(13-15)25(22,23)20-16-8-10-17(11-9-16)21-12-4-6-18(14-21)24-2/h3,5,7-11,13,18,20H,4,6,12,14H2,1-2H3. The Kier molecular flexibility index (Phi) is 5.30. The molecular formula is C19H24N2O3S. The lowest BCUT2D eigenvalue weighted by Gasteiger charge is -2.33. The van der Waals surface area contributed by atoms with Crippen molar-refractivity contribution in [2.45, 2.75) is 30.8 Å². The molecular weight excluding hydrogens is 336 g/mol. The Balaban J connectivity index is 1.72. The molecule has 1 aliphatic heterocycles. The highest BCUT2D eigenvalue weighted by Gasteiger charge is 2.20. The summed E-state index contributed by atoms with van der Waals surface area (Å²) in [6.45, 7) is 3.73. The molecule has 0 saturated carbocycles. The van der Waals surface area contributed by atoms with E-state index in [9.17, 15) is 8.42 Å². The Hall–Kier alpha value is -2.05. The highest BCUT2D eigenvalue weighted by molar-refractivity contribution is 7.92. The van der Waals surface area contributed by atoms with E-state index in [-0.39, 0.29) is 11.0 Å². The van der Waals surface area contributed by atoms with Crippen molar-refractivity contribution in [1.82, 2.24) is 0 Å². The van der Waals surface area contributed by atoms with Crippen LogP contribution in [0.4, 0.5) is 11.4 Å². The van der Waals surface area contributed by atoms with Crippen molar-refractivity contribution < 1.29 is 13.2 Å². The van der Waals surface area contributed by atoms with E-state index in [1.165, 1.54) is 0 Å². The first-order valence-electron chi connectivity index (χ1n) is 8.45. The predicted octanol–water partition coefficient (Wildman–Crippen LogP) is 3.41. The molecule has 25 heavy (non-hydrogen) atoms. The average Bonchev–Trinajstić information content (AvgIpc) is 2.62. The molecule has 5 nitrogen and oxygen atoms in total. The van der Waals surface area contributed by atoms with Gasteiger partial charge < -0.3 is 9.64 Å². The number of benzene rings is 2. The minimum absolute atomic E-state index is 0.258. The molecule has 6 heteroatoms. The highest BCUT2D eigenvalue weighted by Crippen LogP contribution is 2.24. The predicted molar refractivity (Wildman–Crippen MR) is 101 cm³/mol. The number of sulfonamides is 1. The summed E-state index contributed by atoms with van der Waals surface area (Å²) < 4.78 is 33.1. The molecule has 0 aliphatic carbocycles. The average molecular weight is 360 g/mol. The Morgan fingerprint density at radius 3 is 2.60 bits per heavy atom. The Labute approximate surface area is 149 Å². The first kappa shape index (κ1) is 17.8. The fraction of sp³-hybridized carbons (Fsp3) is 0.368. The second-order valence-corrected chi connectivity index (χ2v) is 8.10. The second kappa shape index (κ2) is 7.45. The summed E-state index contributed by atoms with van der Waals surface area (Å²) in [6.07, 6.45) is 2.44. The van der Waals surface area contributed by atoms with Crippen LogP contribution in [0.15, 0.2) is 53.4 Å². The minimum atomic E-state index is -3.57. The van der Waals surface area contributed by atoms with Gasteiger partial charge in [0.05, 0.1) is 11.0 Å². The van der Waals surface area contributed by atoms with Crippen molar-refractivity contribution in [2.75, 3.05) is 29.8 Å². The van der Waals surface area contributed by atoms with E-state index in [4.69, 9.17) is 4.74 Å². The van der Waals surface area contributed by atoms with Gasteiger partial charge in [0.1, 0.15) is 0 Å². The van der Waals surface area contributed by atoms with Crippen molar-refractivity contribution in [3.63, 3.8) is 0 Å². The van der Waals surface area contributed by atoms with E-state index < -0.39 is 10.0 Å². The maximum absolute atomic E-state index is 12.5. The molecule has 1 saturated heterocycles. The van der Waals surface area contributed by atoms with Crippen LogP contribution in [0.25, 0.3) is 0 Å². The summed E-state index contributed by atoms with van der Waals surface area (Å²) in [7, 11) is -1.82. The summed E-state index contributed by atoms with van der Waals surface area (Å²) in [5.74, 6) is 0. The number of rotatable bonds is 5. The van der Waals surface area contributed by atoms with Crippen LogP contribution in [0, 0.1) is 6.92 Å². The molecule has 3 rings (SSSR count). The number of nitrogens with one attached hydrogen (secondary N) is 1. The fourth-order valence-electron chi connectivity index (χ4n) is 3.10. The molecule has 0 aromatic heterocycles. The minimum Gasteiger partial charge on any atom is -0.380 e. The lowest BCUT2D eigenvalue weighted by Crippen LogP contribution is -2.39. The zero-order chi connectivity index (χ0) is 17.9. The molecule has 134 valence electrons. The van der Waals surface area contributed by atoms with Gasteiger partial charge in [-0.15, -0.1) is 0 Å². The summed E-state index contributed by atoms with van der Waals surface area (Å²) in [5, 5.41) is 0. The highest BCUT2D eigenvalue weighted by atomic mass is 32.2. The van der Waals surface area contributed by atoms with Gasteiger partial charge in [-0.25, -0.2) is 8.42 Å². The molecule has 0 radical (unpaired) electrons. The summed E-state index contributed by atoms with van der Waals surface area (Å²) in [6, 6.07) is 14.4. The van der Waals surface area contributed by atoms with Gasteiger partial charge in [-0.05, 0) is 61.7 Å². The molecule has 1 aliphatic rings. The number of anilines is 2. The van der Waals surface area contributed by atoms with Gasteiger partial charge >= 0.3 is 0 Å². The lowest BCUT2D eigenvalue weighted by molar-refractivity contribution is 0.0893. The smallest absolute Gasteiger partial charge is 0.261 e. The molecule has 1 heterocycles. The molecule has 1 N–H and O–H groups in total. The molecule has 0 amide bonds. The molecule has 2 aromatic carbocycles. The van der Waals surface area contributed by atoms with Crippen LogP contribution in [-0.4, -0.2) is 34.7 Å². The van der Waals surface area contributed by atoms with E-state index in [1.54, 1.807) is 37.4 Å². The maximum Gasteiger partial charge on any atom is 0.261 e. The van der Waals surface area contributed by atoms with Crippen LogP contribution in [0.2, 0.25) is 0 Å². The van der Waals surface area contributed by atoms with Gasteiger partial charge in [-0.1, -0.05) is 12.1 Å². The van der Waals surface area contributed by atoms with Gasteiger partial charge in [0, 0.05) is 31.6 Å². The van der Waals surface area contributed by atoms with Crippen molar-refractivity contribution in [3.8, 4) is 0 Å². The molecule has 1 fully saturated rings. The number of hydrogen-bond acceptors (Lipinski definition) is 4. The topological polar surface area (TPSA) is 58.6 Å². The Morgan fingerprint density at radius 1 is 1.16 bits per heavy atom. The van der Waals surface area contributed by atoms with E-state index in [0.717, 1.165) is 37.2 Å². The van der Waals surface area contributed by atoms with Crippen LogP contribution < -0.4 is 9.62 Å². The van der Waals surface area contributed by atoms with Crippen molar-refractivity contribution in [1.29, 1.82) is 0 Å². The van der Waals surface area contributed by atoms with Gasteiger partial charge in [0.15, 0.2) is 0 Å². The number of piperidine rings is 1. The van der Waals surface area contributed by atoms with E-state index in [1.807, 2.05) is 25.1 Å². The lowest BCUT2D eigenvalue weighted by atomic mass is 10.1. The Bertz CT molecular complexity index is 819. The number of aryl methyl sites for hydroxylation is 1. The van der Waals surface area contributed by atoms with E-state index >= 15 is 0 Å². The first-order chi connectivity index (χ1) is 12.0. The van der Waals surface area contributed by atoms with Crippen molar-refractivity contribution >= 4 is 21.4 Å². The molecule has 1 unspecified atom stereocenters. The van der Waals surface area contributed by atoms with Crippen LogP contribution in [-0.2, 0) is 14.8 Å². The zero-order valence-electron chi connectivity index (χ0n) is 14.6. The molecule has 2 aromatic rings. The van der Waals surface area contributed by atoms with E-state index in [2.05, 4.69) is 9.62 Å². The first-order valence-corrected chi connectivity index (χ1v) is 9.93. The van der Waals surface area contributed by atoms with Crippen LogP contribution in [0.5, 0.6) is 0 Å². The summed E-state index contributed by atoms with van der Waals surface area (Å²) in [5.41, 5.74) is 2.56. The van der Waals surface area contributed by atoms with Crippen LogP contribution in [0.3, 0.4) is 0 Å². The molecule has 1 atom stereocenters. The normalized spacial score (nSPS) is 18.2. The second-order valence-electron chi connectivity index (χ2n) is 6.41. The maximum atomic E-state index is 12.5. The SMILES string of the molecule is COC1CCCN(c2ccc(NS(=O)(=O)c3cccc(C)c3)cc2)C1. The number of hydrogen-bond donors (Lipinski definition) is 1. The quantitative estimate of drug-likeness (QED) is 0.888. The number of ether oxygens (including phenoxy) is 1.